The summed E-state index contributed by atoms with van der Waals surface area (Å²) in [6.45, 7) is 3.20. The van der Waals surface area contributed by atoms with E-state index in [4.69, 9.17) is 16.3 Å². The Morgan fingerprint density at radius 2 is 1.67 bits per heavy atom. The minimum atomic E-state index is -3.50. The normalized spacial score (nSPS) is 22.8. The fourth-order valence-corrected chi connectivity index (χ4v) is 5.68. The van der Waals surface area contributed by atoms with Crippen LogP contribution in [0.2, 0.25) is 5.02 Å². The lowest BCUT2D eigenvalue weighted by Crippen LogP contribution is -2.49. The summed E-state index contributed by atoms with van der Waals surface area (Å²) in [6.07, 6.45) is 4.26. The molecular weight excluding hydrogens is 348 g/mol. The van der Waals surface area contributed by atoms with Crippen molar-refractivity contribution in [2.45, 2.75) is 42.7 Å². The van der Waals surface area contributed by atoms with Crippen molar-refractivity contribution < 1.29 is 13.2 Å². The van der Waals surface area contributed by atoms with Crippen molar-refractivity contribution in [3.63, 3.8) is 0 Å². The summed E-state index contributed by atoms with van der Waals surface area (Å²) >= 11 is 6.08. The van der Waals surface area contributed by atoms with Crippen molar-refractivity contribution in [1.29, 1.82) is 0 Å². The first-order valence-corrected chi connectivity index (χ1v) is 10.4. The second-order valence-corrected chi connectivity index (χ2v) is 8.85. The predicted octanol–water partition coefficient (Wildman–Crippen LogP) is 2.60. The van der Waals surface area contributed by atoms with Gasteiger partial charge in [0.2, 0.25) is 10.0 Å². The Labute approximate surface area is 149 Å². The Morgan fingerprint density at radius 1 is 1.04 bits per heavy atom. The third-order valence-electron chi connectivity index (χ3n) is 5.20. The maximum absolute atomic E-state index is 12.8. The third kappa shape index (κ3) is 3.78. The molecule has 2 aliphatic rings. The van der Waals surface area contributed by atoms with Gasteiger partial charge in [0.25, 0.3) is 0 Å². The molecule has 134 valence electrons. The van der Waals surface area contributed by atoms with Crippen molar-refractivity contribution >= 4 is 21.6 Å². The number of benzene rings is 1. The van der Waals surface area contributed by atoms with E-state index in [-0.39, 0.29) is 4.90 Å². The molecule has 0 atom stereocenters. The average Bonchev–Trinajstić information content (AvgIpc) is 2.62. The first-order valence-electron chi connectivity index (χ1n) is 8.54. The quantitative estimate of drug-likeness (QED) is 0.815. The second-order valence-electron chi connectivity index (χ2n) is 6.54. The van der Waals surface area contributed by atoms with E-state index in [1.54, 1.807) is 35.7 Å². The summed E-state index contributed by atoms with van der Waals surface area (Å²) in [5, 5.41) is 0.293. The zero-order chi connectivity index (χ0) is 17.2. The number of likely N-dealkylation sites (tertiary alicyclic amines) is 1. The third-order valence-corrected chi connectivity index (χ3v) is 7.60. The summed E-state index contributed by atoms with van der Waals surface area (Å²) in [7, 11) is -1.72. The Hall–Kier alpha value is -0.660. The zero-order valence-corrected chi connectivity index (χ0v) is 15.6. The topological polar surface area (TPSA) is 49.9 Å². The predicted molar refractivity (Wildman–Crippen MR) is 94.8 cm³/mol. The summed E-state index contributed by atoms with van der Waals surface area (Å²) in [5.74, 6) is 0. The molecule has 0 saturated carbocycles. The molecule has 0 radical (unpaired) electrons. The minimum Gasteiger partial charge on any atom is -0.381 e. The van der Waals surface area contributed by atoms with Crippen LogP contribution in [0.5, 0.6) is 0 Å². The number of piperidine rings is 2. The smallest absolute Gasteiger partial charge is 0.244 e. The number of hydrogen-bond acceptors (Lipinski definition) is 4. The van der Waals surface area contributed by atoms with Gasteiger partial charge in [0, 0.05) is 39.3 Å². The van der Waals surface area contributed by atoms with Gasteiger partial charge in [-0.25, -0.2) is 8.42 Å². The summed E-state index contributed by atoms with van der Waals surface area (Å²) < 4.78 is 32.6. The molecule has 0 amide bonds. The number of halogens is 1. The summed E-state index contributed by atoms with van der Waals surface area (Å²) in [5.41, 5.74) is 0. The van der Waals surface area contributed by atoms with Crippen LogP contribution in [0, 0.1) is 0 Å². The molecule has 7 heteroatoms. The molecule has 0 aromatic heterocycles. The van der Waals surface area contributed by atoms with E-state index >= 15 is 0 Å². The molecule has 0 unspecified atom stereocenters. The van der Waals surface area contributed by atoms with Gasteiger partial charge in [-0.05, 0) is 37.8 Å². The number of rotatable bonds is 4. The molecule has 2 saturated heterocycles. The van der Waals surface area contributed by atoms with Gasteiger partial charge in [0.05, 0.1) is 11.1 Å². The van der Waals surface area contributed by atoms with E-state index in [9.17, 15) is 8.42 Å². The van der Waals surface area contributed by atoms with Crippen molar-refractivity contribution in [2.75, 3.05) is 33.3 Å². The van der Waals surface area contributed by atoms with E-state index in [2.05, 4.69) is 4.90 Å². The van der Waals surface area contributed by atoms with Crippen LogP contribution in [0.4, 0.5) is 0 Å². The maximum atomic E-state index is 12.8. The number of methoxy groups -OCH3 is 1. The Bertz CT molecular complexity index is 652. The number of nitrogens with zero attached hydrogens (tertiary/aromatic N) is 2. The molecule has 2 heterocycles. The monoisotopic (exact) mass is 372 g/mol. The van der Waals surface area contributed by atoms with Crippen LogP contribution in [-0.4, -0.2) is 63.1 Å². The van der Waals surface area contributed by atoms with Gasteiger partial charge in [-0.15, -0.1) is 0 Å². The lowest BCUT2D eigenvalue weighted by atomic mass is 10.00. The van der Waals surface area contributed by atoms with E-state index in [0.717, 1.165) is 38.8 Å². The number of hydrogen-bond donors (Lipinski definition) is 0. The SMILES string of the molecule is COC1CCN(C2CCN(S(=O)(=O)c3ccccc3Cl)CC2)CC1. The maximum Gasteiger partial charge on any atom is 0.244 e. The van der Waals surface area contributed by atoms with Gasteiger partial charge in [-0.2, -0.15) is 4.31 Å². The Kier molecular flexibility index (Phi) is 5.82. The standard InChI is InChI=1S/C17H25ClN2O3S/c1-23-15-8-10-19(11-9-15)14-6-12-20(13-7-14)24(21,22)17-5-3-2-4-16(17)18/h2-5,14-15H,6-13H2,1H3. The van der Waals surface area contributed by atoms with E-state index in [1.807, 2.05) is 0 Å². The van der Waals surface area contributed by atoms with Crippen LogP contribution < -0.4 is 0 Å². The summed E-state index contributed by atoms with van der Waals surface area (Å²) in [6, 6.07) is 7.14. The molecule has 1 aromatic rings. The Balaban J connectivity index is 1.60. The van der Waals surface area contributed by atoms with E-state index in [1.165, 1.54) is 0 Å². The molecule has 5 nitrogen and oxygen atoms in total. The molecule has 2 fully saturated rings. The van der Waals surface area contributed by atoms with Crippen molar-refractivity contribution in [3.05, 3.63) is 29.3 Å². The zero-order valence-electron chi connectivity index (χ0n) is 14.0. The van der Waals surface area contributed by atoms with Crippen LogP contribution in [-0.2, 0) is 14.8 Å². The van der Waals surface area contributed by atoms with Crippen LogP contribution in [0.1, 0.15) is 25.7 Å². The highest BCUT2D eigenvalue weighted by atomic mass is 35.5. The minimum absolute atomic E-state index is 0.214. The van der Waals surface area contributed by atoms with Crippen molar-refractivity contribution in [2.24, 2.45) is 0 Å². The molecule has 0 aliphatic carbocycles. The molecule has 1 aromatic carbocycles. The lowest BCUT2D eigenvalue weighted by molar-refractivity contribution is 0.0190. The van der Waals surface area contributed by atoms with Crippen LogP contribution in [0.25, 0.3) is 0 Å². The van der Waals surface area contributed by atoms with E-state index in [0.29, 0.717) is 30.3 Å². The first kappa shape index (κ1) is 18.1. The molecular formula is C17H25ClN2O3S. The molecule has 0 spiro atoms. The molecule has 0 bridgehead atoms. The molecule has 0 N–H and O–H groups in total. The van der Waals surface area contributed by atoms with Gasteiger partial charge < -0.3 is 9.64 Å². The van der Waals surface area contributed by atoms with Crippen LogP contribution >= 0.6 is 11.6 Å². The van der Waals surface area contributed by atoms with Gasteiger partial charge in [0.15, 0.2) is 0 Å². The first-order chi connectivity index (χ1) is 11.5. The van der Waals surface area contributed by atoms with Crippen molar-refractivity contribution in [1.82, 2.24) is 9.21 Å². The fourth-order valence-electron chi connectivity index (χ4n) is 3.72. The van der Waals surface area contributed by atoms with Crippen LogP contribution in [0.3, 0.4) is 0 Å². The highest BCUT2D eigenvalue weighted by molar-refractivity contribution is 7.89. The molecule has 24 heavy (non-hydrogen) atoms. The highest BCUT2D eigenvalue weighted by Gasteiger charge is 2.33. The Morgan fingerprint density at radius 3 is 2.25 bits per heavy atom. The van der Waals surface area contributed by atoms with Crippen LogP contribution in [0.15, 0.2) is 29.2 Å². The highest BCUT2D eigenvalue weighted by Crippen LogP contribution is 2.28. The van der Waals surface area contributed by atoms with E-state index < -0.39 is 10.0 Å². The van der Waals surface area contributed by atoms with Gasteiger partial charge in [-0.3, -0.25) is 0 Å². The lowest BCUT2D eigenvalue weighted by Gasteiger charge is -2.41. The molecule has 2 aliphatic heterocycles. The second kappa shape index (κ2) is 7.70. The molecule has 3 rings (SSSR count). The van der Waals surface area contributed by atoms with Gasteiger partial charge >= 0.3 is 0 Å². The average molecular weight is 373 g/mol. The number of sulfonamides is 1. The van der Waals surface area contributed by atoms with Gasteiger partial charge in [-0.1, -0.05) is 23.7 Å². The van der Waals surface area contributed by atoms with Crippen molar-refractivity contribution in [3.8, 4) is 0 Å². The number of ether oxygens (including phenoxy) is 1. The fraction of sp³-hybridized carbons (Fsp3) is 0.647. The largest absolute Gasteiger partial charge is 0.381 e. The summed E-state index contributed by atoms with van der Waals surface area (Å²) in [4.78, 5) is 2.71. The van der Waals surface area contributed by atoms with Gasteiger partial charge in [0.1, 0.15) is 4.90 Å².